The average Bonchev–Trinajstić information content (AvgIpc) is 2.11. The van der Waals surface area contributed by atoms with Crippen LogP contribution in [0.4, 0.5) is 4.39 Å². The second-order valence-corrected chi connectivity index (χ2v) is 3.24. The SMILES string of the molecule is Cc1ccc(Cl)cc1OCCCF. The summed E-state index contributed by atoms with van der Waals surface area (Å²) in [5, 5.41) is 0.640. The molecule has 0 aromatic heterocycles. The van der Waals surface area contributed by atoms with Crippen LogP contribution in [0.2, 0.25) is 5.02 Å². The molecule has 0 N–H and O–H groups in total. The van der Waals surface area contributed by atoms with Gasteiger partial charge in [0.1, 0.15) is 5.75 Å². The van der Waals surface area contributed by atoms with Crippen molar-refractivity contribution < 1.29 is 9.13 Å². The zero-order valence-corrected chi connectivity index (χ0v) is 8.27. The van der Waals surface area contributed by atoms with Crippen molar-refractivity contribution in [3.63, 3.8) is 0 Å². The van der Waals surface area contributed by atoms with Gasteiger partial charge in [-0.1, -0.05) is 17.7 Å². The van der Waals surface area contributed by atoms with Crippen molar-refractivity contribution in [2.24, 2.45) is 0 Å². The number of hydrogen-bond donors (Lipinski definition) is 0. The highest BCUT2D eigenvalue weighted by molar-refractivity contribution is 6.30. The maximum absolute atomic E-state index is 11.8. The molecule has 0 aliphatic carbocycles. The van der Waals surface area contributed by atoms with E-state index in [0.717, 1.165) is 11.3 Å². The summed E-state index contributed by atoms with van der Waals surface area (Å²) in [7, 11) is 0. The van der Waals surface area contributed by atoms with Gasteiger partial charge in [0.2, 0.25) is 0 Å². The quantitative estimate of drug-likeness (QED) is 0.681. The predicted octanol–water partition coefficient (Wildman–Crippen LogP) is 3.39. The summed E-state index contributed by atoms with van der Waals surface area (Å²) >= 11 is 5.78. The first kappa shape index (κ1) is 10.3. The van der Waals surface area contributed by atoms with Gasteiger partial charge >= 0.3 is 0 Å². The fourth-order valence-corrected chi connectivity index (χ4v) is 1.13. The van der Waals surface area contributed by atoms with E-state index in [1.807, 2.05) is 13.0 Å². The number of benzene rings is 1. The van der Waals surface area contributed by atoms with Crippen LogP contribution in [-0.2, 0) is 0 Å². The standard InChI is InChI=1S/C10H12ClFO/c1-8-3-4-9(11)7-10(8)13-6-2-5-12/h3-4,7H,2,5-6H2,1H3. The third-order valence-corrected chi connectivity index (χ3v) is 1.92. The van der Waals surface area contributed by atoms with E-state index in [9.17, 15) is 4.39 Å². The number of rotatable bonds is 4. The maximum Gasteiger partial charge on any atom is 0.123 e. The second-order valence-electron chi connectivity index (χ2n) is 2.80. The first-order valence-corrected chi connectivity index (χ1v) is 4.57. The molecule has 0 amide bonds. The van der Waals surface area contributed by atoms with Gasteiger partial charge in [0.05, 0.1) is 13.3 Å². The molecule has 0 saturated carbocycles. The molecule has 3 heteroatoms. The summed E-state index contributed by atoms with van der Waals surface area (Å²) in [6, 6.07) is 5.43. The molecule has 0 aliphatic heterocycles. The monoisotopic (exact) mass is 202 g/mol. The van der Waals surface area contributed by atoms with Gasteiger partial charge in [-0.25, -0.2) is 0 Å². The Hall–Kier alpha value is -0.760. The molecule has 1 rings (SSSR count). The number of aryl methyl sites for hydroxylation is 1. The lowest BCUT2D eigenvalue weighted by molar-refractivity contribution is 0.288. The Morgan fingerprint density at radius 3 is 2.92 bits per heavy atom. The Morgan fingerprint density at radius 2 is 2.23 bits per heavy atom. The van der Waals surface area contributed by atoms with Crippen LogP contribution < -0.4 is 4.74 Å². The fraction of sp³-hybridized carbons (Fsp3) is 0.400. The smallest absolute Gasteiger partial charge is 0.123 e. The molecule has 1 nitrogen and oxygen atoms in total. The summed E-state index contributed by atoms with van der Waals surface area (Å²) in [5.74, 6) is 0.737. The Kier molecular flexibility index (Phi) is 4.03. The Morgan fingerprint density at radius 1 is 1.46 bits per heavy atom. The van der Waals surface area contributed by atoms with E-state index in [0.29, 0.717) is 18.1 Å². The van der Waals surface area contributed by atoms with Crippen LogP contribution in [0.5, 0.6) is 5.75 Å². The summed E-state index contributed by atoms with van der Waals surface area (Å²) in [6.45, 7) is 1.98. The Labute approximate surface area is 82.5 Å². The highest BCUT2D eigenvalue weighted by Crippen LogP contribution is 2.22. The van der Waals surface area contributed by atoms with Crippen LogP contribution in [0.15, 0.2) is 18.2 Å². The molecule has 13 heavy (non-hydrogen) atoms. The van der Waals surface area contributed by atoms with Crippen molar-refractivity contribution in [2.45, 2.75) is 13.3 Å². The van der Waals surface area contributed by atoms with Crippen LogP contribution in [0.25, 0.3) is 0 Å². The van der Waals surface area contributed by atoms with Crippen LogP contribution in [0.1, 0.15) is 12.0 Å². The molecular weight excluding hydrogens is 191 g/mol. The third kappa shape index (κ3) is 3.23. The summed E-state index contributed by atoms with van der Waals surface area (Å²) in [4.78, 5) is 0. The van der Waals surface area contributed by atoms with Crippen LogP contribution in [-0.4, -0.2) is 13.3 Å². The molecule has 72 valence electrons. The largest absolute Gasteiger partial charge is 0.493 e. The topological polar surface area (TPSA) is 9.23 Å². The normalized spacial score (nSPS) is 10.1. The van der Waals surface area contributed by atoms with Gasteiger partial charge in [-0.3, -0.25) is 4.39 Å². The van der Waals surface area contributed by atoms with Crippen molar-refractivity contribution in [2.75, 3.05) is 13.3 Å². The first-order chi connectivity index (χ1) is 6.24. The molecule has 0 unspecified atom stereocenters. The van der Waals surface area contributed by atoms with E-state index in [4.69, 9.17) is 16.3 Å². The van der Waals surface area contributed by atoms with Crippen molar-refractivity contribution >= 4 is 11.6 Å². The second kappa shape index (κ2) is 5.07. The minimum Gasteiger partial charge on any atom is -0.493 e. The van der Waals surface area contributed by atoms with E-state index in [1.165, 1.54) is 0 Å². The van der Waals surface area contributed by atoms with E-state index in [-0.39, 0.29) is 6.67 Å². The lowest BCUT2D eigenvalue weighted by atomic mass is 10.2. The van der Waals surface area contributed by atoms with E-state index < -0.39 is 0 Å². The lowest BCUT2D eigenvalue weighted by Crippen LogP contribution is -1.99. The van der Waals surface area contributed by atoms with Crippen molar-refractivity contribution in [3.05, 3.63) is 28.8 Å². The summed E-state index contributed by atoms with van der Waals surface area (Å²) in [6.07, 6.45) is 0.423. The molecule has 0 spiro atoms. The number of alkyl halides is 1. The summed E-state index contributed by atoms with van der Waals surface area (Å²) in [5.41, 5.74) is 1.02. The van der Waals surface area contributed by atoms with Gasteiger partial charge in [-0.15, -0.1) is 0 Å². The van der Waals surface area contributed by atoms with Crippen LogP contribution in [0.3, 0.4) is 0 Å². The minimum absolute atomic E-state index is 0.348. The molecule has 0 fully saturated rings. The van der Waals surface area contributed by atoms with Crippen molar-refractivity contribution in [3.8, 4) is 5.75 Å². The number of halogens is 2. The molecule has 0 radical (unpaired) electrons. The number of ether oxygens (including phenoxy) is 1. The predicted molar refractivity (Wildman–Crippen MR) is 52.3 cm³/mol. The lowest BCUT2D eigenvalue weighted by Gasteiger charge is -2.07. The van der Waals surface area contributed by atoms with Gasteiger partial charge in [-0.2, -0.15) is 0 Å². The van der Waals surface area contributed by atoms with Crippen LogP contribution >= 0.6 is 11.6 Å². The molecule has 0 bridgehead atoms. The fourth-order valence-electron chi connectivity index (χ4n) is 0.966. The highest BCUT2D eigenvalue weighted by atomic mass is 35.5. The molecule has 0 aliphatic rings. The molecule has 0 heterocycles. The van der Waals surface area contributed by atoms with Gasteiger partial charge in [-0.05, 0) is 24.6 Å². The first-order valence-electron chi connectivity index (χ1n) is 4.19. The van der Waals surface area contributed by atoms with Gasteiger partial charge in [0.25, 0.3) is 0 Å². The molecule has 0 saturated heterocycles. The van der Waals surface area contributed by atoms with Crippen molar-refractivity contribution in [1.82, 2.24) is 0 Å². The van der Waals surface area contributed by atoms with E-state index >= 15 is 0 Å². The van der Waals surface area contributed by atoms with Gasteiger partial charge in [0, 0.05) is 11.4 Å². The molecule has 1 aromatic rings. The van der Waals surface area contributed by atoms with Gasteiger partial charge in [0.15, 0.2) is 0 Å². The Bertz CT molecular complexity index is 276. The van der Waals surface area contributed by atoms with E-state index in [2.05, 4.69) is 0 Å². The average molecular weight is 203 g/mol. The maximum atomic E-state index is 11.8. The molecular formula is C10H12ClFO. The van der Waals surface area contributed by atoms with Gasteiger partial charge < -0.3 is 4.74 Å². The zero-order valence-electron chi connectivity index (χ0n) is 7.52. The number of hydrogen-bond acceptors (Lipinski definition) is 1. The zero-order chi connectivity index (χ0) is 9.68. The molecule has 0 atom stereocenters. The van der Waals surface area contributed by atoms with E-state index in [1.54, 1.807) is 12.1 Å². The molecule has 1 aromatic carbocycles. The van der Waals surface area contributed by atoms with Crippen molar-refractivity contribution in [1.29, 1.82) is 0 Å². The van der Waals surface area contributed by atoms with Crippen LogP contribution in [0, 0.1) is 6.92 Å². The summed E-state index contributed by atoms with van der Waals surface area (Å²) < 4.78 is 17.1. The highest BCUT2D eigenvalue weighted by Gasteiger charge is 1.99. The minimum atomic E-state index is -0.348. The Balaban J connectivity index is 2.59. The third-order valence-electron chi connectivity index (χ3n) is 1.69.